The molecule has 0 aliphatic carbocycles. The SMILES string of the molecule is CCCCCCc1nc(-c2cnc(-c3ccc(C[C@H](NC(=O)c4ccc(C(C)(C)C)cc4)C(=O)[O-])cc3)nc2)no1. The van der Waals surface area contributed by atoms with E-state index < -0.39 is 17.9 Å². The van der Waals surface area contributed by atoms with Crippen LogP contribution in [0, 0.1) is 0 Å². The van der Waals surface area contributed by atoms with Crippen molar-refractivity contribution in [2.24, 2.45) is 0 Å². The number of benzene rings is 2. The first-order valence-electron chi connectivity index (χ1n) is 14.0. The minimum absolute atomic E-state index is 0.0483. The number of amides is 1. The van der Waals surface area contributed by atoms with E-state index in [-0.39, 0.29) is 11.8 Å². The van der Waals surface area contributed by atoms with E-state index in [1.807, 2.05) is 24.3 Å². The van der Waals surface area contributed by atoms with Crippen LogP contribution in [0.15, 0.2) is 65.4 Å². The molecule has 0 saturated carbocycles. The van der Waals surface area contributed by atoms with Crippen LogP contribution in [0.4, 0.5) is 0 Å². The highest BCUT2D eigenvalue weighted by atomic mass is 16.5. The van der Waals surface area contributed by atoms with E-state index in [1.54, 1.807) is 36.7 Å². The maximum Gasteiger partial charge on any atom is 0.251 e. The van der Waals surface area contributed by atoms with E-state index >= 15 is 0 Å². The minimum Gasteiger partial charge on any atom is -0.548 e. The quantitative estimate of drug-likeness (QED) is 0.249. The lowest BCUT2D eigenvalue weighted by molar-refractivity contribution is -0.308. The van der Waals surface area contributed by atoms with Crippen molar-refractivity contribution in [2.75, 3.05) is 0 Å². The molecule has 2 aromatic carbocycles. The van der Waals surface area contributed by atoms with Crippen molar-refractivity contribution in [3.05, 3.63) is 83.5 Å². The zero-order chi connectivity index (χ0) is 29.4. The summed E-state index contributed by atoms with van der Waals surface area (Å²) in [6.45, 7) is 8.43. The fourth-order valence-corrected chi connectivity index (χ4v) is 4.35. The number of aryl methyl sites for hydroxylation is 1. The van der Waals surface area contributed by atoms with Crippen LogP contribution in [-0.2, 0) is 23.1 Å². The molecule has 1 N–H and O–H groups in total. The normalized spacial score (nSPS) is 12.2. The van der Waals surface area contributed by atoms with Crippen LogP contribution >= 0.6 is 0 Å². The number of hydrogen-bond acceptors (Lipinski definition) is 8. The van der Waals surface area contributed by atoms with Gasteiger partial charge in [-0.1, -0.05) is 88.5 Å². The van der Waals surface area contributed by atoms with Crippen molar-refractivity contribution >= 4 is 11.9 Å². The highest BCUT2D eigenvalue weighted by Gasteiger charge is 2.18. The first kappa shape index (κ1) is 29.6. The number of hydrogen-bond donors (Lipinski definition) is 1. The minimum atomic E-state index is -1.35. The number of aromatic nitrogens is 4. The molecule has 2 heterocycles. The number of carbonyl (C=O) groups is 2. The molecule has 0 bridgehead atoms. The number of carboxylic acid groups (broad SMARTS) is 1. The Labute approximate surface area is 240 Å². The molecule has 0 saturated heterocycles. The summed E-state index contributed by atoms with van der Waals surface area (Å²) < 4.78 is 5.35. The standard InChI is InChI=1S/C32H37N5O4/c1-5-6-7-8-9-27-36-29(37-41-27)24-19-33-28(34-20-24)22-12-10-21(11-13-22)18-26(31(39)40)35-30(38)23-14-16-25(17-15-23)32(2,3)4/h10-17,19-20,26H,5-9,18H2,1-4H3,(H,35,38)(H,39,40)/p-1/t26-/m0/s1. The van der Waals surface area contributed by atoms with Gasteiger partial charge >= 0.3 is 0 Å². The van der Waals surface area contributed by atoms with Crippen molar-refractivity contribution < 1.29 is 19.2 Å². The summed E-state index contributed by atoms with van der Waals surface area (Å²) in [5.74, 6) is -0.238. The molecule has 0 radical (unpaired) electrons. The Bertz CT molecular complexity index is 1440. The first-order valence-corrected chi connectivity index (χ1v) is 14.0. The summed E-state index contributed by atoms with van der Waals surface area (Å²) in [5.41, 5.74) is 3.58. The summed E-state index contributed by atoms with van der Waals surface area (Å²) in [5, 5.41) is 18.4. The van der Waals surface area contributed by atoms with Crippen molar-refractivity contribution in [1.29, 1.82) is 0 Å². The Balaban J connectivity index is 1.36. The first-order chi connectivity index (χ1) is 19.6. The fraction of sp³-hybridized carbons (Fsp3) is 0.375. The summed E-state index contributed by atoms with van der Waals surface area (Å²) in [6.07, 6.45) is 8.65. The maximum atomic E-state index is 12.7. The molecule has 0 aliphatic heterocycles. The molecule has 0 fully saturated rings. The van der Waals surface area contributed by atoms with E-state index in [2.05, 4.69) is 53.1 Å². The van der Waals surface area contributed by atoms with E-state index in [1.165, 1.54) is 12.8 Å². The Kier molecular flexibility index (Phi) is 9.60. The van der Waals surface area contributed by atoms with Crippen molar-refractivity contribution in [2.45, 2.75) is 77.7 Å². The van der Waals surface area contributed by atoms with Crippen molar-refractivity contribution in [3.8, 4) is 22.8 Å². The van der Waals surface area contributed by atoms with Gasteiger partial charge < -0.3 is 19.7 Å². The van der Waals surface area contributed by atoms with Gasteiger partial charge in [0.05, 0.1) is 17.6 Å². The zero-order valence-corrected chi connectivity index (χ0v) is 24.0. The third-order valence-corrected chi connectivity index (χ3v) is 6.88. The highest BCUT2D eigenvalue weighted by molar-refractivity contribution is 5.96. The molecule has 214 valence electrons. The summed E-state index contributed by atoms with van der Waals surface area (Å²) in [4.78, 5) is 37.9. The Morgan fingerprint density at radius 3 is 2.20 bits per heavy atom. The highest BCUT2D eigenvalue weighted by Crippen LogP contribution is 2.23. The predicted molar refractivity (Wildman–Crippen MR) is 154 cm³/mol. The number of rotatable bonds is 12. The second-order valence-electron chi connectivity index (χ2n) is 11.2. The van der Waals surface area contributed by atoms with Crippen LogP contribution in [0.2, 0.25) is 0 Å². The second kappa shape index (κ2) is 13.3. The second-order valence-corrected chi connectivity index (χ2v) is 11.2. The Hall–Kier alpha value is -4.40. The smallest absolute Gasteiger partial charge is 0.251 e. The van der Waals surface area contributed by atoms with Crippen LogP contribution < -0.4 is 10.4 Å². The van der Waals surface area contributed by atoms with Crippen molar-refractivity contribution in [3.63, 3.8) is 0 Å². The summed E-state index contributed by atoms with van der Waals surface area (Å²) >= 11 is 0. The largest absolute Gasteiger partial charge is 0.548 e. The lowest BCUT2D eigenvalue weighted by Crippen LogP contribution is -2.49. The Morgan fingerprint density at radius 2 is 1.59 bits per heavy atom. The molecule has 2 aromatic heterocycles. The lowest BCUT2D eigenvalue weighted by atomic mass is 9.86. The predicted octanol–water partition coefficient (Wildman–Crippen LogP) is 4.70. The molecule has 4 rings (SSSR count). The van der Waals surface area contributed by atoms with E-state index in [0.29, 0.717) is 28.7 Å². The number of aliphatic carboxylic acids is 1. The average Bonchev–Trinajstić information content (AvgIpc) is 3.44. The topological polar surface area (TPSA) is 134 Å². The van der Waals surface area contributed by atoms with Gasteiger partial charge in [0.15, 0.2) is 5.82 Å². The van der Waals surface area contributed by atoms with Gasteiger partial charge in [-0.2, -0.15) is 4.98 Å². The maximum absolute atomic E-state index is 12.7. The van der Waals surface area contributed by atoms with Crippen LogP contribution in [0.25, 0.3) is 22.8 Å². The van der Waals surface area contributed by atoms with Gasteiger partial charge in [-0.15, -0.1) is 0 Å². The van der Waals surface area contributed by atoms with Crippen LogP contribution in [0.3, 0.4) is 0 Å². The third-order valence-electron chi connectivity index (χ3n) is 6.88. The average molecular weight is 555 g/mol. The van der Waals surface area contributed by atoms with Crippen LogP contribution in [-0.4, -0.2) is 38.0 Å². The summed E-state index contributed by atoms with van der Waals surface area (Å²) in [6, 6.07) is 13.2. The zero-order valence-electron chi connectivity index (χ0n) is 24.0. The van der Waals surface area contributed by atoms with Crippen LogP contribution in [0.1, 0.15) is 80.8 Å². The molecule has 1 atom stereocenters. The van der Waals surface area contributed by atoms with E-state index in [9.17, 15) is 14.7 Å². The summed E-state index contributed by atoms with van der Waals surface area (Å²) in [7, 11) is 0. The molecule has 9 heteroatoms. The monoisotopic (exact) mass is 554 g/mol. The van der Waals surface area contributed by atoms with Crippen LogP contribution in [0.5, 0.6) is 0 Å². The number of carbonyl (C=O) groups excluding carboxylic acids is 2. The lowest BCUT2D eigenvalue weighted by Gasteiger charge is -2.21. The fourth-order valence-electron chi connectivity index (χ4n) is 4.35. The van der Waals surface area contributed by atoms with Crippen molar-refractivity contribution in [1.82, 2.24) is 25.4 Å². The molecular weight excluding hydrogens is 518 g/mol. The molecule has 0 aliphatic rings. The van der Waals surface area contributed by atoms with Gasteiger partial charge in [0.2, 0.25) is 11.7 Å². The molecule has 0 unspecified atom stereocenters. The Morgan fingerprint density at radius 1 is 0.902 bits per heavy atom. The molecule has 41 heavy (non-hydrogen) atoms. The van der Waals surface area contributed by atoms with Gasteiger partial charge in [0.1, 0.15) is 0 Å². The number of nitrogens with one attached hydrogen (secondary N) is 1. The molecule has 0 spiro atoms. The molecular formula is C32H36N5O4-. The van der Waals surface area contributed by atoms with E-state index in [0.717, 1.165) is 36.0 Å². The van der Waals surface area contributed by atoms with Gasteiger partial charge in [-0.3, -0.25) is 4.79 Å². The van der Waals surface area contributed by atoms with Gasteiger partial charge in [-0.05, 0) is 41.5 Å². The van der Waals surface area contributed by atoms with E-state index in [4.69, 9.17) is 4.52 Å². The number of carboxylic acids is 1. The molecule has 4 aromatic rings. The van der Waals surface area contributed by atoms with Gasteiger partial charge in [0.25, 0.3) is 5.91 Å². The van der Waals surface area contributed by atoms with Gasteiger partial charge in [0, 0.05) is 29.9 Å². The third kappa shape index (κ3) is 8.06. The number of nitrogens with zero attached hydrogens (tertiary/aromatic N) is 4. The molecule has 9 nitrogen and oxygen atoms in total. The van der Waals surface area contributed by atoms with Gasteiger partial charge in [-0.25, -0.2) is 9.97 Å². The molecule has 1 amide bonds. The number of unbranched alkanes of at least 4 members (excludes halogenated alkanes) is 3.